The van der Waals surface area contributed by atoms with Gasteiger partial charge in [-0.3, -0.25) is 14.5 Å². The second-order valence-corrected chi connectivity index (χ2v) is 19.4. The number of carbonyl (C=O) groups excluding carboxylic acids is 2. The van der Waals surface area contributed by atoms with Crippen LogP contribution >= 0.6 is 0 Å². The zero-order valence-corrected chi connectivity index (χ0v) is 41.5. The van der Waals surface area contributed by atoms with Crippen LogP contribution in [0.5, 0.6) is 0 Å². The minimum Gasteiger partial charge on any atom is -0.465 e. The lowest BCUT2D eigenvalue weighted by molar-refractivity contribution is -0.146. The van der Waals surface area contributed by atoms with E-state index >= 15 is 0 Å². The molecule has 1 fully saturated rings. The highest BCUT2D eigenvalue weighted by molar-refractivity contribution is 5.69. The normalized spacial score (nSPS) is 14.1. The Morgan fingerprint density at radius 3 is 1.20 bits per heavy atom. The Morgan fingerprint density at radius 1 is 0.459 bits per heavy atom. The molecule has 1 rings (SSSR count). The molecule has 0 aromatic rings. The van der Waals surface area contributed by atoms with E-state index in [1.165, 1.54) is 173 Å². The molecule has 2 unspecified atom stereocenters. The van der Waals surface area contributed by atoms with E-state index in [-0.39, 0.29) is 18.5 Å². The summed E-state index contributed by atoms with van der Waals surface area (Å²) in [4.78, 5) is 30.6. The SMILES string of the molecule is CCCCCCCCC(CCCCCC)COC(=O)CCCCCCN(CCCCCCC(=O)OCC(CCCCCC)CCCCCCCC)CCN(CCO)C1CCC1. The maximum absolute atomic E-state index is 12.7. The molecule has 7 heteroatoms. The highest BCUT2D eigenvalue weighted by Gasteiger charge is 2.24. The maximum atomic E-state index is 12.7. The summed E-state index contributed by atoms with van der Waals surface area (Å²) in [6.45, 7) is 15.6. The van der Waals surface area contributed by atoms with E-state index in [1.807, 2.05) is 0 Å². The van der Waals surface area contributed by atoms with Gasteiger partial charge in [-0.2, -0.15) is 0 Å². The average molecular weight is 863 g/mol. The molecular formula is C54H106N2O5. The molecule has 0 radical (unpaired) electrons. The van der Waals surface area contributed by atoms with Crippen LogP contribution in [0.15, 0.2) is 0 Å². The predicted octanol–water partition coefficient (Wildman–Crippen LogP) is 14.8. The Labute approximate surface area is 380 Å². The summed E-state index contributed by atoms with van der Waals surface area (Å²) in [5.41, 5.74) is 0. The summed E-state index contributed by atoms with van der Waals surface area (Å²) < 4.78 is 11.7. The van der Waals surface area contributed by atoms with Crippen LogP contribution in [0, 0.1) is 11.8 Å². The third kappa shape index (κ3) is 35.8. The maximum Gasteiger partial charge on any atom is 0.305 e. The number of aliphatic hydroxyl groups is 1. The number of hydrogen-bond donors (Lipinski definition) is 1. The molecule has 0 aliphatic heterocycles. The standard InChI is InChI=1S/C54H106N2O5/c1-5-9-13-17-19-27-36-50(34-25-15-11-7-3)48-60-53(58)40-29-21-23-31-42-55(44-45-56(46-47-57)52-38-33-39-52)43-32-24-22-30-41-54(59)61-49-51(35-26-16-12-8-4)37-28-20-18-14-10-6-2/h50-52,57H,5-49H2,1-4H3. The van der Waals surface area contributed by atoms with E-state index in [0.717, 1.165) is 84.1 Å². The molecule has 1 N–H and O–H groups in total. The van der Waals surface area contributed by atoms with Gasteiger partial charge in [0.15, 0.2) is 0 Å². The van der Waals surface area contributed by atoms with Gasteiger partial charge in [0.2, 0.25) is 0 Å². The zero-order valence-electron chi connectivity index (χ0n) is 41.5. The van der Waals surface area contributed by atoms with Crippen LogP contribution in [0.3, 0.4) is 0 Å². The van der Waals surface area contributed by atoms with Crippen LogP contribution in [0.4, 0.5) is 0 Å². The smallest absolute Gasteiger partial charge is 0.305 e. The van der Waals surface area contributed by atoms with Crippen molar-refractivity contribution in [2.45, 2.75) is 271 Å². The molecule has 0 spiro atoms. The van der Waals surface area contributed by atoms with Gasteiger partial charge in [-0.05, 0) is 89.1 Å². The average Bonchev–Trinajstić information content (AvgIpc) is 3.24. The van der Waals surface area contributed by atoms with Crippen molar-refractivity contribution in [3.05, 3.63) is 0 Å². The number of carbonyl (C=O) groups is 2. The van der Waals surface area contributed by atoms with Gasteiger partial charge in [0.1, 0.15) is 0 Å². The number of hydrogen-bond acceptors (Lipinski definition) is 7. The summed E-state index contributed by atoms with van der Waals surface area (Å²) in [5.74, 6) is 1.06. The van der Waals surface area contributed by atoms with E-state index in [1.54, 1.807) is 0 Å². The first-order valence-corrected chi connectivity index (χ1v) is 27.4. The van der Waals surface area contributed by atoms with Gasteiger partial charge in [0.25, 0.3) is 0 Å². The molecule has 1 aliphatic rings. The van der Waals surface area contributed by atoms with Gasteiger partial charge in [-0.15, -0.1) is 0 Å². The van der Waals surface area contributed by atoms with Crippen LogP contribution in [0.2, 0.25) is 0 Å². The Morgan fingerprint density at radius 2 is 0.820 bits per heavy atom. The van der Waals surface area contributed by atoms with Crippen LogP contribution in [0.1, 0.15) is 265 Å². The Kier molecular flexibility index (Phi) is 41.8. The topological polar surface area (TPSA) is 79.3 Å². The number of unbranched alkanes of at least 4 members (excludes halogenated alkanes) is 22. The summed E-state index contributed by atoms with van der Waals surface area (Å²) in [5, 5.41) is 9.74. The van der Waals surface area contributed by atoms with Crippen molar-refractivity contribution >= 4 is 11.9 Å². The van der Waals surface area contributed by atoms with Crippen molar-refractivity contribution in [2.75, 3.05) is 52.5 Å². The van der Waals surface area contributed by atoms with Crippen molar-refractivity contribution in [2.24, 2.45) is 11.8 Å². The van der Waals surface area contributed by atoms with Gasteiger partial charge in [0.05, 0.1) is 19.8 Å². The van der Waals surface area contributed by atoms with Gasteiger partial charge < -0.3 is 19.5 Å². The second kappa shape index (κ2) is 44.0. The van der Waals surface area contributed by atoms with Gasteiger partial charge in [0, 0.05) is 38.5 Å². The molecule has 0 heterocycles. The highest BCUT2D eigenvalue weighted by atomic mass is 16.5. The van der Waals surface area contributed by atoms with Crippen molar-refractivity contribution < 1.29 is 24.2 Å². The van der Waals surface area contributed by atoms with E-state index in [2.05, 4.69) is 37.5 Å². The van der Waals surface area contributed by atoms with Crippen LogP contribution in [-0.4, -0.2) is 85.4 Å². The molecule has 2 atom stereocenters. The molecule has 1 aliphatic carbocycles. The summed E-state index contributed by atoms with van der Waals surface area (Å²) in [6.07, 6.45) is 44.5. The lowest BCUT2D eigenvalue weighted by atomic mass is 9.91. The molecule has 362 valence electrons. The largest absolute Gasteiger partial charge is 0.465 e. The van der Waals surface area contributed by atoms with Crippen molar-refractivity contribution in [3.63, 3.8) is 0 Å². The third-order valence-electron chi connectivity index (χ3n) is 13.7. The first kappa shape index (κ1) is 57.8. The molecule has 0 aromatic carbocycles. The number of rotatable bonds is 48. The molecule has 0 aromatic heterocycles. The lowest BCUT2D eigenvalue weighted by Gasteiger charge is -2.38. The monoisotopic (exact) mass is 863 g/mol. The molecule has 0 amide bonds. The van der Waals surface area contributed by atoms with Gasteiger partial charge in [-0.1, -0.05) is 188 Å². The minimum absolute atomic E-state index is 0.00172. The summed E-state index contributed by atoms with van der Waals surface area (Å²) in [7, 11) is 0. The number of nitrogens with zero attached hydrogens (tertiary/aromatic N) is 2. The van der Waals surface area contributed by atoms with Gasteiger partial charge >= 0.3 is 11.9 Å². The van der Waals surface area contributed by atoms with Crippen LogP contribution in [0.25, 0.3) is 0 Å². The third-order valence-corrected chi connectivity index (χ3v) is 13.7. The molecule has 1 saturated carbocycles. The van der Waals surface area contributed by atoms with E-state index in [9.17, 15) is 14.7 Å². The van der Waals surface area contributed by atoms with Crippen LogP contribution < -0.4 is 0 Å². The van der Waals surface area contributed by atoms with E-state index in [0.29, 0.717) is 43.9 Å². The van der Waals surface area contributed by atoms with E-state index < -0.39 is 0 Å². The highest BCUT2D eigenvalue weighted by Crippen LogP contribution is 2.25. The molecule has 61 heavy (non-hydrogen) atoms. The molecule has 7 nitrogen and oxygen atoms in total. The molecule has 0 bridgehead atoms. The zero-order chi connectivity index (χ0) is 44.3. The van der Waals surface area contributed by atoms with E-state index in [4.69, 9.17) is 9.47 Å². The fourth-order valence-corrected chi connectivity index (χ4v) is 9.21. The van der Waals surface area contributed by atoms with Crippen molar-refractivity contribution in [1.82, 2.24) is 9.80 Å². The predicted molar refractivity (Wildman–Crippen MR) is 261 cm³/mol. The molecular weight excluding hydrogens is 757 g/mol. The number of aliphatic hydroxyl groups excluding tert-OH is 1. The second-order valence-electron chi connectivity index (χ2n) is 19.4. The summed E-state index contributed by atoms with van der Waals surface area (Å²) in [6, 6.07) is 0.646. The first-order valence-electron chi connectivity index (χ1n) is 27.4. The first-order chi connectivity index (χ1) is 30.0. The lowest BCUT2D eigenvalue weighted by Crippen LogP contribution is -2.45. The Balaban J connectivity index is 2.42. The summed E-state index contributed by atoms with van der Waals surface area (Å²) >= 11 is 0. The van der Waals surface area contributed by atoms with Crippen molar-refractivity contribution in [3.8, 4) is 0 Å². The Bertz CT molecular complexity index is 884. The minimum atomic E-state index is 0.00172. The fraction of sp³-hybridized carbons (Fsp3) is 0.963. The number of ether oxygens (including phenoxy) is 2. The van der Waals surface area contributed by atoms with Crippen LogP contribution in [-0.2, 0) is 19.1 Å². The number of esters is 2. The fourth-order valence-electron chi connectivity index (χ4n) is 9.21. The molecule has 0 saturated heterocycles. The van der Waals surface area contributed by atoms with Crippen molar-refractivity contribution in [1.29, 1.82) is 0 Å². The Hall–Kier alpha value is -1.18. The van der Waals surface area contributed by atoms with Gasteiger partial charge in [-0.25, -0.2) is 0 Å². The quantitative estimate of drug-likeness (QED) is 0.0482.